The first kappa shape index (κ1) is 13.8. The Bertz CT molecular complexity index is 602. The second-order valence-corrected chi connectivity index (χ2v) is 5.77. The van der Waals surface area contributed by atoms with Crippen molar-refractivity contribution in [2.45, 2.75) is 18.0 Å². The van der Waals surface area contributed by atoms with Crippen LogP contribution in [0.3, 0.4) is 0 Å². The van der Waals surface area contributed by atoms with Crippen molar-refractivity contribution >= 4 is 19.7 Å². The second-order valence-electron chi connectivity index (χ2n) is 3.23. The first-order valence-corrected chi connectivity index (χ1v) is 6.45. The summed E-state index contributed by atoms with van der Waals surface area (Å²) in [6.07, 6.45) is -4.81. The molecular weight excluding hydrogens is 279 g/mol. The molecule has 0 aromatic heterocycles. The van der Waals surface area contributed by atoms with E-state index in [0.717, 1.165) is 6.07 Å². The van der Waals surface area contributed by atoms with Crippen LogP contribution in [0, 0.1) is 18.3 Å². The maximum atomic E-state index is 12.6. The van der Waals surface area contributed by atoms with Crippen LogP contribution in [0.5, 0.6) is 0 Å². The molecule has 0 aliphatic heterocycles. The molecule has 17 heavy (non-hydrogen) atoms. The van der Waals surface area contributed by atoms with E-state index in [0.29, 0.717) is 6.07 Å². The Kier molecular flexibility index (Phi) is 3.41. The van der Waals surface area contributed by atoms with E-state index in [1.165, 1.54) is 13.0 Å². The van der Waals surface area contributed by atoms with Crippen molar-refractivity contribution in [1.82, 2.24) is 0 Å². The van der Waals surface area contributed by atoms with Crippen LogP contribution in [0.4, 0.5) is 13.2 Å². The van der Waals surface area contributed by atoms with Crippen molar-refractivity contribution in [3.8, 4) is 6.07 Å². The summed E-state index contributed by atoms with van der Waals surface area (Å²) in [5.41, 5.74) is -2.24. The minimum atomic E-state index is -4.81. The van der Waals surface area contributed by atoms with Gasteiger partial charge < -0.3 is 0 Å². The molecule has 3 nitrogen and oxygen atoms in total. The van der Waals surface area contributed by atoms with Crippen LogP contribution >= 0.6 is 10.7 Å². The Morgan fingerprint density at radius 2 is 1.88 bits per heavy atom. The molecule has 1 aromatic rings. The monoisotopic (exact) mass is 283 g/mol. The third-order valence-electron chi connectivity index (χ3n) is 1.93. The number of hydrogen-bond donors (Lipinski definition) is 0. The van der Waals surface area contributed by atoms with E-state index in [1.54, 1.807) is 0 Å². The van der Waals surface area contributed by atoms with Crippen molar-refractivity contribution in [2.24, 2.45) is 0 Å². The molecule has 0 N–H and O–H groups in total. The smallest absolute Gasteiger partial charge is 0.207 e. The van der Waals surface area contributed by atoms with E-state index in [2.05, 4.69) is 0 Å². The lowest BCUT2D eigenvalue weighted by Crippen LogP contribution is -2.11. The van der Waals surface area contributed by atoms with Gasteiger partial charge in [0.15, 0.2) is 0 Å². The quantitative estimate of drug-likeness (QED) is 0.745. The van der Waals surface area contributed by atoms with Crippen LogP contribution < -0.4 is 0 Å². The summed E-state index contributed by atoms with van der Waals surface area (Å²) < 4.78 is 60.0. The molecule has 0 unspecified atom stereocenters. The highest BCUT2D eigenvalue weighted by atomic mass is 35.7. The SMILES string of the molecule is Cc1cc(C(F)(F)F)c(C#N)c(S(=O)(=O)Cl)c1. The lowest BCUT2D eigenvalue weighted by molar-refractivity contribution is -0.138. The highest BCUT2D eigenvalue weighted by Crippen LogP contribution is 2.36. The zero-order valence-corrected chi connectivity index (χ0v) is 9.91. The Morgan fingerprint density at radius 1 is 1.35 bits per heavy atom. The van der Waals surface area contributed by atoms with E-state index in [1.807, 2.05) is 0 Å². The van der Waals surface area contributed by atoms with Gasteiger partial charge in [0.25, 0.3) is 9.05 Å². The largest absolute Gasteiger partial charge is 0.417 e. The first-order chi connectivity index (χ1) is 7.57. The fraction of sp³-hybridized carbons (Fsp3) is 0.222. The van der Waals surface area contributed by atoms with Gasteiger partial charge in [0.05, 0.1) is 11.1 Å². The Hall–Kier alpha value is -1.26. The fourth-order valence-electron chi connectivity index (χ4n) is 1.28. The van der Waals surface area contributed by atoms with Crippen molar-refractivity contribution in [1.29, 1.82) is 5.26 Å². The predicted molar refractivity (Wildman–Crippen MR) is 53.9 cm³/mol. The lowest BCUT2D eigenvalue weighted by Gasteiger charge is -2.12. The Balaban J connectivity index is 3.79. The molecule has 1 rings (SSSR count). The molecule has 0 aliphatic carbocycles. The highest BCUT2D eigenvalue weighted by molar-refractivity contribution is 8.13. The summed E-state index contributed by atoms with van der Waals surface area (Å²) in [5.74, 6) is 0. The van der Waals surface area contributed by atoms with E-state index in [4.69, 9.17) is 15.9 Å². The minimum absolute atomic E-state index is 0.0514. The van der Waals surface area contributed by atoms with Crippen molar-refractivity contribution < 1.29 is 21.6 Å². The highest BCUT2D eigenvalue weighted by Gasteiger charge is 2.36. The van der Waals surface area contributed by atoms with Gasteiger partial charge in [-0.1, -0.05) is 0 Å². The average Bonchev–Trinajstić information content (AvgIpc) is 2.13. The number of nitrogens with zero attached hydrogens (tertiary/aromatic N) is 1. The van der Waals surface area contributed by atoms with Gasteiger partial charge in [-0.2, -0.15) is 18.4 Å². The molecule has 0 saturated heterocycles. The number of alkyl halides is 3. The summed E-state index contributed by atoms with van der Waals surface area (Å²) in [5, 5.41) is 8.64. The summed E-state index contributed by atoms with van der Waals surface area (Å²) in [6.45, 7) is 1.28. The molecule has 0 bridgehead atoms. The van der Waals surface area contributed by atoms with Crippen LogP contribution in [0.1, 0.15) is 16.7 Å². The predicted octanol–water partition coefficient (Wildman–Crippen LogP) is 2.81. The summed E-state index contributed by atoms with van der Waals surface area (Å²) in [7, 11) is 0.589. The zero-order valence-electron chi connectivity index (χ0n) is 8.34. The summed E-state index contributed by atoms with van der Waals surface area (Å²) in [4.78, 5) is -0.825. The van der Waals surface area contributed by atoms with Crippen molar-refractivity contribution in [2.75, 3.05) is 0 Å². The zero-order chi connectivity index (χ0) is 13.4. The van der Waals surface area contributed by atoms with Crippen LogP contribution in [0.15, 0.2) is 17.0 Å². The average molecular weight is 284 g/mol. The number of rotatable bonds is 1. The third-order valence-corrected chi connectivity index (χ3v) is 3.27. The molecule has 0 atom stereocenters. The van der Waals surface area contributed by atoms with Crippen LogP contribution in [-0.2, 0) is 15.2 Å². The molecular formula is C9H5ClF3NO2S. The van der Waals surface area contributed by atoms with E-state index in [9.17, 15) is 21.6 Å². The summed E-state index contributed by atoms with van der Waals surface area (Å²) in [6, 6.07) is 2.85. The second kappa shape index (κ2) is 4.20. The topological polar surface area (TPSA) is 57.9 Å². The van der Waals surface area contributed by atoms with E-state index >= 15 is 0 Å². The molecule has 0 aliphatic rings. The maximum Gasteiger partial charge on any atom is 0.417 e. The molecule has 0 saturated carbocycles. The van der Waals surface area contributed by atoms with Gasteiger partial charge in [-0.15, -0.1) is 0 Å². The molecule has 0 heterocycles. The number of halogens is 4. The van der Waals surface area contributed by atoms with Gasteiger partial charge in [0.2, 0.25) is 0 Å². The van der Waals surface area contributed by atoms with Gasteiger partial charge in [-0.25, -0.2) is 8.42 Å². The number of nitriles is 1. The van der Waals surface area contributed by atoms with E-state index in [-0.39, 0.29) is 5.56 Å². The van der Waals surface area contributed by atoms with Gasteiger partial charge in [-0.05, 0) is 24.6 Å². The third kappa shape index (κ3) is 2.90. The van der Waals surface area contributed by atoms with Gasteiger partial charge >= 0.3 is 6.18 Å². The van der Waals surface area contributed by atoms with Gasteiger partial charge in [0, 0.05) is 10.7 Å². The normalized spacial score (nSPS) is 12.2. The molecule has 0 spiro atoms. The van der Waals surface area contributed by atoms with Crippen molar-refractivity contribution in [3.63, 3.8) is 0 Å². The van der Waals surface area contributed by atoms with Gasteiger partial charge in [-0.3, -0.25) is 0 Å². The minimum Gasteiger partial charge on any atom is -0.207 e. The molecule has 8 heteroatoms. The fourth-order valence-corrected chi connectivity index (χ4v) is 2.38. The van der Waals surface area contributed by atoms with E-state index < -0.39 is 31.2 Å². The number of aryl methyl sites for hydroxylation is 1. The Labute approximate surface area is 99.8 Å². The Morgan fingerprint density at radius 3 is 2.24 bits per heavy atom. The maximum absolute atomic E-state index is 12.6. The number of hydrogen-bond acceptors (Lipinski definition) is 3. The van der Waals surface area contributed by atoms with Crippen molar-refractivity contribution in [3.05, 3.63) is 28.8 Å². The molecule has 1 aromatic carbocycles. The molecule has 92 valence electrons. The standard InChI is InChI=1S/C9H5ClF3NO2S/c1-5-2-7(9(11,12)13)6(4-14)8(3-5)17(10,15)16/h2-3H,1H3. The lowest BCUT2D eigenvalue weighted by atomic mass is 10.0. The van der Waals surface area contributed by atoms with Crippen LogP contribution in [0.25, 0.3) is 0 Å². The summed E-state index contributed by atoms with van der Waals surface area (Å²) >= 11 is 0. The molecule has 0 fully saturated rings. The molecule has 0 amide bonds. The number of benzene rings is 1. The molecule has 0 radical (unpaired) electrons. The van der Waals surface area contributed by atoms with Crippen LogP contribution in [-0.4, -0.2) is 8.42 Å². The van der Waals surface area contributed by atoms with Crippen LogP contribution in [0.2, 0.25) is 0 Å². The van der Waals surface area contributed by atoms with Gasteiger partial charge in [0.1, 0.15) is 11.0 Å². The first-order valence-electron chi connectivity index (χ1n) is 4.14.